The van der Waals surface area contributed by atoms with Gasteiger partial charge in [-0.3, -0.25) is 72.4 Å². The van der Waals surface area contributed by atoms with E-state index in [9.17, 15) is 80.8 Å². The van der Waals surface area contributed by atoms with Crippen molar-refractivity contribution in [3.8, 4) is 0 Å². The van der Waals surface area contributed by atoms with Crippen LogP contribution in [-0.2, 0) is 204 Å². The zero-order chi connectivity index (χ0) is 81.9. The fraction of sp³-hybridized carbons (Fsp3) is 0.385. The Morgan fingerprint density at radius 1 is 0.272 bits per heavy atom. The molecular formula is C65H88Cl4Fe4O33P8. The van der Waals surface area contributed by atoms with Crippen LogP contribution in [0.4, 0.5) is 0 Å². The van der Waals surface area contributed by atoms with Gasteiger partial charge in [0.25, 0.3) is 0 Å². The minimum absolute atomic E-state index is 0. The first-order valence-corrected chi connectivity index (χ1v) is 45.5. The quantitative estimate of drug-likeness (QED) is 0.00971. The molecule has 646 valence electrons. The molecule has 8 aromatic carbocycles. The van der Waals surface area contributed by atoms with Crippen molar-refractivity contribution in [3.63, 3.8) is 0 Å². The fourth-order valence-electron chi connectivity index (χ4n) is 7.50. The van der Waals surface area contributed by atoms with Crippen LogP contribution in [0.5, 0.6) is 0 Å². The van der Waals surface area contributed by atoms with Crippen LogP contribution in [0, 0.1) is 21.7 Å². The van der Waals surface area contributed by atoms with Crippen molar-refractivity contribution in [2.45, 2.75) is 54.1 Å². The SMILES string of the molecule is COP(=O)(O)OCC(C)(COP(=O)(O)OCc1ccc[cH-]1)COP(=O)(O)OCC(C)(COP(=O)(O)OCc1ccc[cH-]1)COP(=O)(O)OCC(C)(COP(=O)(O)OCc1ccc[cH-]1)COP(=O)(O)OCC(C)(CO)COP(=O)(O)OCc1ccc[cH-]1.Clc1ccc[cH-]1.Clc1ccc[cH-]1.Clc1ccc[cH-]1.Clc1ccc[cH-]1.[Fe+2].[Fe+2].[Fe+2].[Fe+2]. The standard InChI is InChI=1S/C45H72O33P8.4C5H4Cl.4Fe/c1-42(26-46,27-69-80(49,50)64-22-38-14-6-7-15-38)28-70-84(57,58)74-34-44(3,31-72-82(53,54)66-24-40-18-10-11-19-40)35-77-86(61,62)78-37-45(4,32-73-83(55,56)67-25-41-20-12-13-21-41)36-76-85(59,60)75-33-43(2,29-68-79(47,48)63-5)30-71-81(51,52)65-23-39-16-8-9-17-39;4*6-5-3-1-2-4-5;;;;/h6-21,46H,22-37H2,1-5H3,(H,47,48)(H,49,50)(H,51,52)(H,53,54)(H,55,56)(H,57,58)(H,59,60)(H,61,62);4*1-4H;;;;/q-4;4*-1;4*+2. The maximum absolute atomic E-state index is 13.7. The van der Waals surface area contributed by atoms with Gasteiger partial charge in [-0.15, -0.1) is 68.7 Å². The minimum atomic E-state index is -5.52. The van der Waals surface area contributed by atoms with Gasteiger partial charge >= 0.3 is 131 Å². The molecule has 12 atom stereocenters. The summed E-state index contributed by atoms with van der Waals surface area (Å²) >= 11 is 21.8. The summed E-state index contributed by atoms with van der Waals surface area (Å²) in [5.74, 6) is 0. The van der Waals surface area contributed by atoms with Gasteiger partial charge in [0.05, 0.1) is 106 Å². The van der Waals surface area contributed by atoms with Crippen molar-refractivity contribution < 1.29 is 221 Å². The molecule has 8 aromatic rings. The van der Waals surface area contributed by atoms with Crippen LogP contribution in [0.2, 0.25) is 20.1 Å². The average Bonchev–Trinajstić information content (AvgIpc) is 1.07. The number of hydrogen-bond acceptors (Lipinski definition) is 25. The van der Waals surface area contributed by atoms with E-state index in [0.29, 0.717) is 22.3 Å². The minimum Gasteiger partial charge on any atom is -0.396 e. The molecule has 0 aromatic heterocycles. The molecule has 0 fully saturated rings. The number of phosphoric ester groups is 8. The summed E-state index contributed by atoms with van der Waals surface area (Å²) in [4.78, 5) is 84.3. The molecule has 0 aliphatic rings. The maximum Gasteiger partial charge on any atom is 2.00 e. The van der Waals surface area contributed by atoms with E-state index in [1.54, 1.807) is 97.1 Å². The van der Waals surface area contributed by atoms with E-state index >= 15 is 0 Å². The summed E-state index contributed by atoms with van der Waals surface area (Å²) in [6.07, 6.45) is 0. The Morgan fingerprint density at radius 3 is 0.561 bits per heavy atom. The van der Waals surface area contributed by atoms with Crippen molar-refractivity contribution >= 4 is 109 Å². The molecule has 49 heteroatoms. The van der Waals surface area contributed by atoms with E-state index in [1.165, 1.54) is 6.92 Å². The van der Waals surface area contributed by atoms with Crippen LogP contribution in [-0.4, -0.2) is 131 Å². The summed E-state index contributed by atoms with van der Waals surface area (Å²) in [7, 11) is -39.9. The van der Waals surface area contributed by atoms with E-state index < -0.39 is 177 Å². The van der Waals surface area contributed by atoms with Crippen LogP contribution >= 0.6 is 109 Å². The van der Waals surface area contributed by atoms with Gasteiger partial charge in [0.15, 0.2) is 0 Å². The maximum atomic E-state index is 13.7. The smallest absolute Gasteiger partial charge is 0.396 e. The Hall–Kier alpha value is -1.12. The summed E-state index contributed by atoms with van der Waals surface area (Å²) in [5, 5.41) is 13.4. The second-order valence-electron chi connectivity index (χ2n) is 25.0. The zero-order valence-corrected chi connectivity index (χ0v) is 75.7. The predicted molar refractivity (Wildman–Crippen MR) is 406 cm³/mol. The van der Waals surface area contributed by atoms with Crippen molar-refractivity contribution in [2.75, 3.05) is 86.4 Å². The van der Waals surface area contributed by atoms with E-state index in [0.717, 1.165) is 48.0 Å². The van der Waals surface area contributed by atoms with Gasteiger partial charge in [0.2, 0.25) is 0 Å². The molecule has 0 aliphatic heterocycles. The molecular weight excluding hydrogens is 1920 g/mol. The topological polar surface area (TPSA) is 466 Å². The van der Waals surface area contributed by atoms with E-state index in [4.69, 9.17) is 114 Å². The molecule has 0 heterocycles. The molecule has 0 amide bonds. The number of rotatable bonds is 47. The molecule has 8 rings (SSSR count). The summed E-state index contributed by atoms with van der Waals surface area (Å²) in [6, 6.07) is 55.6. The Balaban J connectivity index is 0.00000384. The number of aliphatic hydroxyl groups is 1. The molecule has 9 N–H and O–H groups in total. The first-order valence-electron chi connectivity index (χ1n) is 32.1. The second-order valence-corrected chi connectivity index (χ2v) is 38.5. The van der Waals surface area contributed by atoms with Crippen LogP contribution in [0.25, 0.3) is 0 Å². The van der Waals surface area contributed by atoms with Crippen molar-refractivity contribution in [2.24, 2.45) is 21.7 Å². The van der Waals surface area contributed by atoms with E-state index in [-0.39, 0.29) is 81.5 Å². The van der Waals surface area contributed by atoms with E-state index in [1.807, 2.05) is 97.1 Å². The van der Waals surface area contributed by atoms with Crippen LogP contribution in [0.3, 0.4) is 0 Å². The zero-order valence-electron chi connectivity index (χ0n) is 61.1. The Bertz CT molecular complexity index is 4060. The number of halogens is 4. The molecule has 0 saturated heterocycles. The molecule has 33 nitrogen and oxygen atoms in total. The van der Waals surface area contributed by atoms with Crippen molar-refractivity contribution in [1.82, 2.24) is 0 Å². The summed E-state index contributed by atoms with van der Waals surface area (Å²) in [6.45, 7) is -8.88. The van der Waals surface area contributed by atoms with Crippen LogP contribution < -0.4 is 0 Å². The average molecular weight is 2010 g/mol. The molecule has 0 spiro atoms. The van der Waals surface area contributed by atoms with Gasteiger partial charge in [-0.1, -0.05) is 47.8 Å². The fourth-order valence-corrected chi connectivity index (χ4v) is 15.2. The van der Waals surface area contributed by atoms with Gasteiger partial charge in [0, 0.05) is 28.8 Å². The Morgan fingerprint density at radius 2 is 0.430 bits per heavy atom. The monoisotopic (exact) mass is 2010 g/mol. The summed E-state index contributed by atoms with van der Waals surface area (Å²) in [5.41, 5.74) is -5.73. The van der Waals surface area contributed by atoms with Gasteiger partial charge in [-0.05, 0) is 0 Å². The number of aliphatic hydroxyl groups excluding tert-OH is 1. The molecule has 12 unspecified atom stereocenters. The second kappa shape index (κ2) is 54.5. The number of phosphoric acid groups is 8. The van der Waals surface area contributed by atoms with Crippen molar-refractivity contribution in [1.29, 1.82) is 0 Å². The first-order chi connectivity index (χ1) is 51.3. The summed E-state index contributed by atoms with van der Waals surface area (Å²) < 4.78 is 185. The van der Waals surface area contributed by atoms with Crippen LogP contribution in [0.1, 0.15) is 49.9 Å². The molecule has 0 bridgehead atoms. The van der Waals surface area contributed by atoms with Crippen molar-refractivity contribution in [3.05, 3.63) is 236 Å². The Labute approximate surface area is 723 Å². The predicted octanol–water partition coefficient (Wildman–Crippen LogP) is 16.6. The Kier molecular flexibility index (Phi) is 54.0. The third-order valence-corrected chi connectivity index (χ3v) is 22.2. The molecule has 0 radical (unpaired) electrons. The van der Waals surface area contributed by atoms with Crippen LogP contribution in [0.15, 0.2) is 194 Å². The molecule has 0 aliphatic carbocycles. The number of hydrogen-bond donors (Lipinski definition) is 9. The normalized spacial score (nSPS) is 17.6. The van der Waals surface area contributed by atoms with Gasteiger partial charge in [0.1, 0.15) is 0 Å². The third kappa shape index (κ3) is 51.1. The first kappa shape index (κ1) is 113. The van der Waals surface area contributed by atoms with Gasteiger partial charge < -0.3 is 44.3 Å². The molecule has 114 heavy (non-hydrogen) atoms. The van der Waals surface area contributed by atoms with Gasteiger partial charge in [-0.2, -0.15) is 121 Å². The van der Waals surface area contributed by atoms with E-state index in [2.05, 4.69) is 4.52 Å². The van der Waals surface area contributed by atoms with Gasteiger partial charge in [-0.25, -0.2) is 109 Å². The molecule has 0 saturated carbocycles. The largest absolute Gasteiger partial charge is 2.00 e. The third-order valence-electron chi connectivity index (χ3n) is 13.9.